The predicted molar refractivity (Wildman–Crippen MR) is 83.5 cm³/mol. The molecule has 1 aliphatic rings. The first kappa shape index (κ1) is 16.9. The summed E-state index contributed by atoms with van der Waals surface area (Å²) in [5.41, 5.74) is -0.132. The van der Waals surface area contributed by atoms with Gasteiger partial charge in [-0.3, -0.25) is 9.36 Å². The van der Waals surface area contributed by atoms with E-state index in [2.05, 4.69) is 14.6 Å². The Morgan fingerprint density at radius 1 is 1.27 bits per heavy atom. The zero-order valence-corrected chi connectivity index (χ0v) is 13.6. The number of aromatic nitrogens is 2. The van der Waals surface area contributed by atoms with Crippen LogP contribution in [-0.2, 0) is 16.6 Å². The molecule has 1 aromatic rings. The summed E-state index contributed by atoms with van der Waals surface area (Å²) in [6, 6.07) is 1.38. The van der Waals surface area contributed by atoms with Crippen molar-refractivity contribution < 1.29 is 8.42 Å². The van der Waals surface area contributed by atoms with Crippen LogP contribution in [0.5, 0.6) is 0 Å². The highest BCUT2D eigenvalue weighted by Crippen LogP contribution is 2.10. The number of piperidine rings is 1. The monoisotopic (exact) mass is 330 g/mol. The minimum atomic E-state index is -3.17. The highest BCUT2D eigenvalue weighted by Gasteiger charge is 2.21. The molecule has 0 radical (unpaired) electrons. The molecule has 2 rings (SSSR count). The second-order valence-electron chi connectivity index (χ2n) is 5.75. The molecule has 1 aromatic heterocycles. The lowest BCUT2D eigenvalue weighted by molar-refractivity contribution is 0.199. The molecule has 1 fully saturated rings. The molecular weight excluding hydrogens is 308 g/mol. The molecule has 0 bridgehead atoms. The van der Waals surface area contributed by atoms with Crippen molar-refractivity contribution in [1.29, 1.82) is 0 Å². The molecule has 0 atom stereocenters. The predicted octanol–water partition coefficient (Wildman–Crippen LogP) is -1.14. The molecule has 1 saturated heterocycles. The van der Waals surface area contributed by atoms with E-state index in [1.807, 2.05) is 0 Å². The average Bonchev–Trinajstić information content (AvgIpc) is 2.37. The van der Waals surface area contributed by atoms with Gasteiger partial charge in [-0.25, -0.2) is 17.9 Å². The molecule has 124 valence electrons. The maximum Gasteiger partial charge on any atom is 0.328 e. The number of hydrogen-bond donors (Lipinski definition) is 2. The van der Waals surface area contributed by atoms with Crippen LogP contribution in [0.25, 0.3) is 0 Å². The summed E-state index contributed by atoms with van der Waals surface area (Å²) in [6.07, 6.45) is 2.62. The fourth-order valence-corrected chi connectivity index (χ4v) is 3.51. The first-order valence-electron chi connectivity index (χ1n) is 7.25. The van der Waals surface area contributed by atoms with E-state index in [1.165, 1.54) is 10.6 Å². The van der Waals surface area contributed by atoms with Crippen molar-refractivity contribution in [2.75, 3.05) is 25.9 Å². The van der Waals surface area contributed by atoms with Gasteiger partial charge < -0.3 is 9.88 Å². The number of rotatable bonds is 5. The van der Waals surface area contributed by atoms with Crippen LogP contribution in [0.1, 0.15) is 18.5 Å². The van der Waals surface area contributed by atoms with Gasteiger partial charge in [0.05, 0.1) is 6.26 Å². The normalized spacial score (nSPS) is 17.7. The third-order valence-corrected chi connectivity index (χ3v) is 4.52. The first-order valence-corrected chi connectivity index (χ1v) is 9.14. The van der Waals surface area contributed by atoms with Gasteiger partial charge in [-0.1, -0.05) is 0 Å². The summed E-state index contributed by atoms with van der Waals surface area (Å²) >= 11 is 0. The highest BCUT2D eigenvalue weighted by atomic mass is 32.2. The van der Waals surface area contributed by atoms with Gasteiger partial charge in [0.2, 0.25) is 10.0 Å². The number of aryl methyl sites for hydroxylation is 1. The molecule has 0 saturated carbocycles. The van der Waals surface area contributed by atoms with Crippen LogP contribution >= 0.6 is 0 Å². The van der Waals surface area contributed by atoms with Crippen molar-refractivity contribution in [3.63, 3.8) is 0 Å². The van der Waals surface area contributed by atoms with Crippen molar-refractivity contribution in [2.45, 2.75) is 32.4 Å². The van der Waals surface area contributed by atoms with Gasteiger partial charge in [-0.15, -0.1) is 0 Å². The van der Waals surface area contributed by atoms with E-state index in [9.17, 15) is 18.0 Å². The zero-order valence-electron chi connectivity index (χ0n) is 12.8. The smallest absolute Gasteiger partial charge is 0.311 e. The minimum absolute atomic E-state index is 0.0308. The number of sulfonamides is 1. The lowest BCUT2D eigenvalue weighted by Gasteiger charge is -2.31. The summed E-state index contributed by atoms with van der Waals surface area (Å²) in [5.74, 6) is 0. The molecule has 0 aliphatic carbocycles. The van der Waals surface area contributed by atoms with Crippen molar-refractivity contribution in [3.8, 4) is 0 Å². The van der Waals surface area contributed by atoms with Crippen LogP contribution in [0.2, 0.25) is 0 Å². The van der Waals surface area contributed by atoms with Crippen LogP contribution in [0.15, 0.2) is 15.7 Å². The Morgan fingerprint density at radius 3 is 2.45 bits per heavy atom. The van der Waals surface area contributed by atoms with E-state index in [0.717, 1.165) is 32.2 Å². The molecule has 22 heavy (non-hydrogen) atoms. The van der Waals surface area contributed by atoms with Gasteiger partial charge in [0.15, 0.2) is 0 Å². The third-order valence-electron chi connectivity index (χ3n) is 3.76. The lowest BCUT2D eigenvalue weighted by Crippen LogP contribution is -2.46. The molecule has 8 nitrogen and oxygen atoms in total. The lowest BCUT2D eigenvalue weighted by atomic mass is 10.1. The third kappa shape index (κ3) is 4.79. The summed E-state index contributed by atoms with van der Waals surface area (Å²) in [6.45, 7) is 4.08. The number of aromatic amines is 1. The van der Waals surface area contributed by atoms with Gasteiger partial charge >= 0.3 is 5.69 Å². The number of nitrogens with one attached hydrogen (secondary N) is 2. The summed E-state index contributed by atoms with van der Waals surface area (Å²) in [7, 11) is -3.17. The molecular formula is C13H22N4O4S. The van der Waals surface area contributed by atoms with E-state index in [0.29, 0.717) is 18.8 Å². The van der Waals surface area contributed by atoms with Crippen LogP contribution in [0.4, 0.5) is 0 Å². The fourth-order valence-electron chi connectivity index (χ4n) is 2.67. The van der Waals surface area contributed by atoms with Crippen LogP contribution in [0, 0.1) is 6.92 Å². The molecule has 1 aliphatic heterocycles. The highest BCUT2D eigenvalue weighted by molar-refractivity contribution is 7.88. The Kier molecular flexibility index (Phi) is 5.20. The van der Waals surface area contributed by atoms with E-state index >= 15 is 0 Å². The van der Waals surface area contributed by atoms with Crippen LogP contribution in [-0.4, -0.2) is 54.8 Å². The maximum absolute atomic E-state index is 11.8. The molecule has 2 heterocycles. The second kappa shape index (κ2) is 6.76. The standard InChI is InChI=1S/C13H22N4O4S/c1-10-9-12(18)17(13(19)14-10)8-7-16-5-3-11(4-6-16)15-22(2,20)21/h9,11,15H,3-8H2,1-2H3,(H,14,19). The zero-order chi connectivity index (χ0) is 16.3. The van der Waals surface area contributed by atoms with Crippen molar-refractivity contribution in [1.82, 2.24) is 19.2 Å². The van der Waals surface area contributed by atoms with Crippen LogP contribution in [0.3, 0.4) is 0 Å². The van der Waals surface area contributed by atoms with Gasteiger partial charge in [0.25, 0.3) is 5.56 Å². The number of nitrogens with zero attached hydrogens (tertiary/aromatic N) is 2. The van der Waals surface area contributed by atoms with Gasteiger partial charge in [0.1, 0.15) is 0 Å². The van der Waals surface area contributed by atoms with E-state index in [1.54, 1.807) is 6.92 Å². The van der Waals surface area contributed by atoms with Crippen molar-refractivity contribution in [2.24, 2.45) is 0 Å². The second-order valence-corrected chi connectivity index (χ2v) is 7.53. The Balaban J connectivity index is 1.88. The van der Waals surface area contributed by atoms with E-state index in [-0.39, 0.29) is 11.6 Å². The SMILES string of the molecule is Cc1cc(=O)n(CCN2CCC(NS(C)(=O)=O)CC2)c(=O)[nH]1. The Bertz CT molecular complexity index is 698. The van der Waals surface area contributed by atoms with Gasteiger partial charge in [-0.05, 0) is 32.9 Å². The van der Waals surface area contributed by atoms with Gasteiger partial charge in [0, 0.05) is 30.9 Å². The first-order chi connectivity index (χ1) is 10.2. The molecule has 0 unspecified atom stereocenters. The number of H-pyrrole nitrogens is 1. The van der Waals surface area contributed by atoms with Crippen molar-refractivity contribution in [3.05, 3.63) is 32.6 Å². The molecule has 0 amide bonds. The van der Waals surface area contributed by atoms with Crippen molar-refractivity contribution >= 4 is 10.0 Å². The molecule has 0 aromatic carbocycles. The topological polar surface area (TPSA) is 104 Å². The quantitative estimate of drug-likeness (QED) is 0.710. The number of hydrogen-bond acceptors (Lipinski definition) is 5. The molecule has 0 spiro atoms. The summed E-state index contributed by atoms with van der Waals surface area (Å²) in [4.78, 5) is 28.3. The maximum atomic E-state index is 11.8. The summed E-state index contributed by atoms with van der Waals surface area (Å²) < 4.78 is 26.2. The van der Waals surface area contributed by atoms with Gasteiger partial charge in [-0.2, -0.15) is 0 Å². The Hall–Kier alpha value is -1.45. The van der Waals surface area contributed by atoms with E-state index < -0.39 is 15.7 Å². The molecule has 2 N–H and O–H groups in total. The minimum Gasteiger partial charge on any atom is -0.311 e. The largest absolute Gasteiger partial charge is 0.328 e. The molecule has 9 heteroatoms. The summed E-state index contributed by atoms with van der Waals surface area (Å²) in [5, 5.41) is 0. The fraction of sp³-hybridized carbons (Fsp3) is 0.692. The Labute approximate surface area is 129 Å². The van der Waals surface area contributed by atoms with E-state index in [4.69, 9.17) is 0 Å². The average molecular weight is 330 g/mol. The Morgan fingerprint density at radius 2 is 1.91 bits per heavy atom. The van der Waals surface area contributed by atoms with Crippen LogP contribution < -0.4 is 16.0 Å². The number of likely N-dealkylation sites (tertiary alicyclic amines) is 1.